The average Bonchev–Trinajstić information content (AvgIpc) is 2.28. The van der Waals surface area contributed by atoms with E-state index in [9.17, 15) is 0 Å². The molecule has 0 saturated heterocycles. The summed E-state index contributed by atoms with van der Waals surface area (Å²) in [6, 6.07) is 4.80. The van der Waals surface area contributed by atoms with Crippen LogP contribution in [0.3, 0.4) is 0 Å². The molecule has 0 aliphatic heterocycles. The van der Waals surface area contributed by atoms with Gasteiger partial charge in [-0.25, -0.2) is 4.98 Å². The summed E-state index contributed by atoms with van der Waals surface area (Å²) in [4.78, 5) is 4.47. The largest absolute Gasteiger partial charge is 0.310 e. The van der Waals surface area contributed by atoms with E-state index in [4.69, 9.17) is 0 Å². The average molecular weight is 238 g/mol. The fraction of sp³-hybridized carbons (Fsp3) is 0.615. The molecule has 1 unspecified atom stereocenters. The second-order valence-electron chi connectivity index (χ2n) is 4.38. The van der Waals surface area contributed by atoms with Crippen molar-refractivity contribution in [1.29, 1.82) is 0 Å². The number of nitrogens with zero attached hydrogens (tertiary/aromatic N) is 1. The molecule has 90 valence electrons. The number of aromatic nitrogens is 1. The Morgan fingerprint density at radius 3 is 2.56 bits per heavy atom. The lowest BCUT2D eigenvalue weighted by molar-refractivity contribution is 0.587. The normalized spacial score (nSPS) is 13.1. The first-order valence-corrected chi connectivity index (χ1v) is 6.84. The Labute approximate surface area is 103 Å². The minimum atomic E-state index is 0.522. The van der Waals surface area contributed by atoms with Crippen molar-refractivity contribution in [3.05, 3.63) is 23.9 Å². The molecule has 1 N–H and O–H groups in total. The van der Waals surface area contributed by atoms with Gasteiger partial charge in [0, 0.05) is 24.0 Å². The van der Waals surface area contributed by atoms with E-state index in [1.165, 1.54) is 12.0 Å². The van der Waals surface area contributed by atoms with Crippen molar-refractivity contribution in [2.75, 3.05) is 0 Å². The van der Waals surface area contributed by atoms with Crippen molar-refractivity contribution in [3.63, 3.8) is 0 Å². The van der Waals surface area contributed by atoms with Crippen LogP contribution in [0.2, 0.25) is 0 Å². The lowest BCUT2D eigenvalue weighted by atomic mass is 10.2. The molecule has 0 spiro atoms. The maximum Gasteiger partial charge on any atom is 0.0962 e. The summed E-state index contributed by atoms with van der Waals surface area (Å²) in [7, 11) is 0. The van der Waals surface area contributed by atoms with Crippen molar-refractivity contribution in [3.8, 4) is 0 Å². The van der Waals surface area contributed by atoms with Crippen LogP contribution in [-0.2, 0) is 6.54 Å². The number of pyridine rings is 1. The fourth-order valence-electron chi connectivity index (χ4n) is 1.20. The fourth-order valence-corrected chi connectivity index (χ4v) is 2.04. The summed E-state index contributed by atoms with van der Waals surface area (Å²) in [6.07, 6.45) is 3.16. The van der Waals surface area contributed by atoms with Crippen molar-refractivity contribution in [2.45, 2.75) is 57.0 Å². The Balaban J connectivity index is 2.47. The lowest BCUT2D eigenvalue weighted by Gasteiger charge is -2.09. The number of rotatable bonds is 6. The SMILES string of the molecule is CCC(C)Sc1ccc(CNC(C)C)cn1. The standard InChI is InChI=1S/C13H22N2S/c1-5-11(4)16-13-7-6-12(9-15-13)8-14-10(2)3/h6-7,9-11,14H,5,8H2,1-4H3. The third-order valence-corrected chi connectivity index (χ3v) is 3.63. The van der Waals surface area contributed by atoms with Crippen LogP contribution in [-0.4, -0.2) is 16.3 Å². The van der Waals surface area contributed by atoms with Crippen LogP contribution in [0.25, 0.3) is 0 Å². The molecular formula is C13H22N2S. The molecule has 0 amide bonds. The zero-order valence-corrected chi connectivity index (χ0v) is 11.5. The summed E-state index contributed by atoms with van der Waals surface area (Å²) in [5.74, 6) is 0. The molecule has 0 aromatic carbocycles. The van der Waals surface area contributed by atoms with Gasteiger partial charge in [-0.05, 0) is 18.1 Å². The highest BCUT2D eigenvalue weighted by Gasteiger charge is 2.03. The summed E-state index contributed by atoms with van der Waals surface area (Å²) in [6.45, 7) is 9.65. The zero-order valence-electron chi connectivity index (χ0n) is 10.7. The van der Waals surface area contributed by atoms with Crippen LogP contribution in [0.1, 0.15) is 39.7 Å². The molecule has 1 aromatic rings. The van der Waals surface area contributed by atoms with Gasteiger partial charge in [0.2, 0.25) is 0 Å². The minimum absolute atomic E-state index is 0.522. The number of thioether (sulfide) groups is 1. The van der Waals surface area contributed by atoms with Crippen molar-refractivity contribution in [2.24, 2.45) is 0 Å². The second-order valence-corrected chi connectivity index (χ2v) is 5.84. The molecule has 0 aliphatic carbocycles. The molecule has 0 bridgehead atoms. The third-order valence-electron chi connectivity index (χ3n) is 2.41. The van der Waals surface area contributed by atoms with Crippen molar-refractivity contribution in [1.82, 2.24) is 10.3 Å². The van der Waals surface area contributed by atoms with Crippen LogP contribution in [0.15, 0.2) is 23.4 Å². The topological polar surface area (TPSA) is 24.9 Å². The minimum Gasteiger partial charge on any atom is -0.310 e. The zero-order chi connectivity index (χ0) is 12.0. The van der Waals surface area contributed by atoms with Crippen LogP contribution < -0.4 is 5.32 Å². The predicted molar refractivity (Wildman–Crippen MR) is 71.8 cm³/mol. The predicted octanol–water partition coefficient (Wildman–Crippen LogP) is 3.47. The van der Waals surface area contributed by atoms with Gasteiger partial charge in [-0.15, -0.1) is 11.8 Å². The van der Waals surface area contributed by atoms with Gasteiger partial charge in [0.1, 0.15) is 0 Å². The van der Waals surface area contributed by atoms with Crippen molar-refractivity contribution < 1.29 is 0 Å². The first-order chi connectivity index (χ1) is 7.61. The molecule has 16 heavy (non-hydrogen) atoms. The van der Waals surface area contributed by atoms with Crippen LogP contribution in [0, 0.1) is 0 Å². The molecular weight excluding hydrogens is 216 g/mol. The van der Waals surface area contributed by atoms with Crippen LogP contribution in [0.5, 0.6) is 0 Å². The van der Waals surface area contributed by atoms with E-state index in [0.29, 0.717) is 11.3 Å². The number of hydrogen-bond acceptors (Lipinski definition) is 3. The summed E-state index contributed by atoms with van der Waals surface area (Å²) in [5, 5.41) is 5.16. The molecule has 0 aliphatic rings. The smallest absolute Gasteiger partial charge is 0.0962 e. The molecule has 3 heteroatoms. The monoisotopic (exact) mass is 238 g/mol. The lowest BCUT2D eigenvalue weighted by Crippen LogP contribution is -2.21. The summed E-state index contributed by atoms with van der Waals surface area (Å²) in [5.41, 5.74) is 1.25. The molecule has 1 heterocycles. The van der Waals surface area contributed by atoms with Crippen LogP contribution >= 0.6 is 11.8 Å². The Hall–Kier alpha value is -0.540. The first kappa shape index (κ1) is 13.5. The van der Waals surface area contributed by atoms with E-state index in [-0.39, 0.29) is 0 Å². The van der Waals surface area contributed by atoms with Gasteiger partial charge >= 0.3 is 0 Å². The second kappa shape index (κ2) is 6.92. The van der Waals surface area contributed by atoms with E-state index in [1.807, 2.05) is 18.0 Å². The quantitative estimate of drug-likeness (QED) is 0.768. The Morgan fingerprint density at radius 1 is 1.31 bits per heavy atom. The highest BCUT2D eigenvalue weighted by atomic mass is 32.2. The highest BCUT2D eigenvalue weighted by molar-refractivity contribution is 7.99. The molecule has 0 radical (unpaired) electrons. The maximum atomic E-state index is 4.47. The van der Waals surface area contributed by atoms with Crippen LogP contribution in [0.4, 0.5) is 0 Å². The molecule has 1 aromatic heterocycles. The van der Waals surface area contributed by atoms with E-state index < -0.39 is 0 Å². The van der Waals surface area contributed by atoms with E-state index in [0.717, 1.165) is 11.6 Å². The first-order valence-electron chi connectivity index (χ1n) is 5.96. The summed E-state index contributed by atoms with van der Waals surface area (Å²) < 4.78 is 0. The molecule has 1 rings (SSSR count). The molecule has 0 saturated carbocycles. The van der Waals surface area contributed by atoms with Gasteiger partial charge < -0.3 is 5.32 Å². The Bertz CT molecular complexity index is 295. The van der Waals surface area contributed by atoms with Gasteiger partial charge in [0.05, 0.1) is 5.03 Å². The van der Waals surface area contributed by atoms with Gasteiger partial charge in [-0.3, -0.25) is 0 Å². The van der Waals surface area contributed by atoms with E-state index >= 15 is 0 Å². The molecule has 1 atom stereocenters. The number of nitrogens with one attached hydrogen (secondary N) is 1. The summed E-state index contributed by atoms with van der Waals surface area (Å²) >= 11 is 1.85. The van der Waals surface area contributed by atoms with Gasteiger partial charge in [-0.1, -0.05) is 33.8 Å². The van der Waals surface area contributed by atoms with Gasteiger partial charge in [0.15, 0.2) is 0 Å². The maximum absolute atomic E-state index is 4.47. The number of hydrogen-bond donors (Lipinski definition) is 1. The highest BCUT2D eigenvalue weighted by Crippen LogP contribution is 2.22. The molecule has 0 fully saturated rings. The van der Waals surface area contributed by atoms with Gasteiger partial charge in [0.25, 0.3) is 0 Å². The third kappa shape index (κ3) is 4.99. The van der Waals surface area contributed by atoms with Crippen molar-refractivity contribution >= 4 is 11.8 Å². The van der Waals surface area contributed by atoms with E-state index in [1.54, 1.807) is 0 Å². The Kier molecular flexibility index (Phi) is 5.85. The van der Waals surface area contributed by atoms with E-state index in [2.05, 4.69) is 50.1 Å². The Morgan fingerprint density at radius 2 is 2.06 bits per heavy atom. The van der Waals surface area contributed by atoms with Gasteiger partial charge in [-0.2, -0.15) is 0 Å². The molecule has 2 nitrogen and oxygen atoms in total.